The lowest BCUT2D eigenvalue weighted by Gasteiger charge is -2.11. The predicted octanol–water partition coefficient (Wildman–Crippen LogP) is 5.61. The van der Waals surface area contributed by atoms with Crippen LogP contribution in [0.3, 0.4) is 0 Å². The largest absolute Gasteiger partial charge is 0.493 e. The molecule has 23 heavy (non-hydrogen) atoms. The summed E-state index contributed by atoms with van der Waals surface area (Å²) in [6, 6.07) is 8.89. The summed E-state index contributed by atoms with van der Waals surface area (Å²) in [5, 5.41) is 5.16. The number of rotatable bonds is 6. The lowest BCUT2D eigenvalue weighted by atomic mass is 10.2. The zero-order chi connectivity index (χ0) is 16.8. The standard InChI is InChI=1S/C16H15BrCl2N2O2/c1-3-23-16-8-12(17)10(6-15(16)22-2)9-20-21-11-4-5-13(18)14(19)7-11/h4-9,21H,3H2,1-2H3/b20-9+. The minimum atomic E-state index is 0.468. The van der Waals surface area contributed by atoms with Crippen LogP contribution >= 0.6 is 39.1 Å². The molecule has 0 radical (unpaired) electrons. The second-order valence-electron chi connectivity index (χ2n) is 4.46. The molecule has 0 aliphatic carbocycles. The van der Waals surface area contributed by atoms with Gasteiger partial charge in [0.2, 0.25) is 0 Å². The second-order valence-corrected chi connectivity index (χ2v) is 6.13. The number of hydrogen-bond donors (Lipinski definition) is 1. The molecule has 0 aromatic heterocycles. The van der Waals surface area contributed by atoms with Gasteiger partial charge in [-0.15, -0.1) is 0 Å². The van der Waals surface area contributed by atoms with E-state index in [4.69, 9.17) is 32.7 Å². The van der Waals surface area contributed by atoms with Crippen LogP contribution in [0.5, 0.6) is 11.5 Å². The molecule has 122 valence electrons. The summed E-state index contributed by atoms with van der Waals surface area (Å²) in [6.45, 7) is 2.49. The predicted molar refractivity (Wildman–Crippen MR) is 99.5 cm³/mol. The maximum absolute atomic E-state index is 5.96. The fourth-order valence-electron chi connectivity index (χ4n) is 1.82. The van der Waals surface area contributed by atoms with Crippen molar-refractivity contribution >= 4 is 51.0 Å². The van der Waals surface area contributed by atoms with E-state index >= 15 is 0 Å². The van der Waals surface area contributed by atoms with Crippen LogP contribution in [0, 0.1) is 0 Å². The minimum absolute atomic E-state index is 0.468. The van der Waals surface area contributed by atoms with Gasteiger partial charge in [-0.05, 0) is 53.2 Å². The van der Waals surface area contributed by atoms with Gasteiger partial charge in [-0.1, -0.05) is 23.2 Å². The van der Waals surface area contributed by atoms with E-state index in [2.05, 4.69) is 26.5 Å². The number of anilines is 1. The van der Waals surface area contributed by atoms with E-state index in [0.29, 0.717) is 28.2 Å². The molecule has 7 heteroatoms. The van der Waals surface area contributed by atoms with E-state index in [-0.39, 0.29) is 0 Å². The van der Waals surface area contributed by atoms with Gasteiger partial charge >= 0.3 is 0 Å². The Bertz CT molecular complexity index is 723. The molecule has 0 spiro atoms. The van der Waals surface area contributed by atoms with Crippen molar-refractivity contribution in [3.05, 3.63) is 50.4 Å². The number of halogens is 3. The van der Waals surface area contributed by atoms with E-state index < -0.39 is 0 Å². The number of methoxy groups -OCH3 is 1. The van der Waals surface area contributed by atoms with Gasteiger partial charge in [-0.25, -0.2) is 0 Å². The van der Waals surface area contributed by atoms with Crippen molar-refractivity contribution < 1.29 is 9.47 Å². The molecule has 0 amide bonds. The third kappa shape index (κ3) is 4.77. The van der Waals surface area contributed by atoms with Gasteiger partial charge < -0.3 is 9.47 Å². The van der Waals surface area contributed by atoms with Crippen molar-refractivity contribution in [2.24, 2.45) is 5.10 Å². The van der Waals surface area contributed by atoms with Crippen molar-refractivity contribution in [1.82, 2.24) is 0 Å². The average molecular weight is 418 g/mol. The number of hydrazone groups is 1. The number of benzene rings is 2. The highest BCUT2D eigenvalue weighted by atomic mass is 79.9. The molecule has 2 aromatic rings. The summed E-state index contributed by atoms with van der Waals surface area (Å²) < 4.78 is 11.7. The maximum atomic E-state index is 5.96. The SMILES string of the molecule is CCOc1cc(Br)c(/C=N/Nc2ccc(Cl)c(Cl)c2)cc1OC. The first-order chi connectivity index (χ1) is 11.0. The van der Waals surface area contributed by atoms with Gasteiger partial charge in [0.1, 0.15) is 0 Å². The third-order valence-electron chi connectivity index (χ3n) is 2.90. The van der Waals surface area contributed by atoms with Crippen LogP contribution in [-0.4, -0.2) is 19.9 Å². The second kappa shape index (κ2) is 8.43. The smallest absolute Gasteiger partial charge is 0.162 e. The molecule has 0 atom stereocenters. The molecular weight excluding hydrogens is 403 g/mol. The Kier molecular flexibility index (Phi) is 6.57. The molecule has 2 rings (SSSR count). The van der Waals surface area contributed by atoms with Crippen LogP contribution in [0.4, 0.5) is 5.69 Å². The lowest BCUT2D eigenvalue weighted by Crippen LogP contribution is -1.98. The number of nitrogens with one attached hydrogen (secondary N) is 1. The fourth-order valence-corrected chi connectivity index (χ4v) is 2.54. The average Bonchev–Trinajstić information content (AvgIpc) is 2.53. The number of hydrogen-bond acceptors (Lipinski definition) is 4. The molecule has 0 bridgehead atoms. The summed E-state index contributed by atoms with van der Waals surface area (Å²) in [7, 11) is 1.60. The summed E-state index contributed by atoms with van der Waals surface area (Å²) in [4.78, 5) is 0. The highest BCUT2D eigenvalue weighted by molar-refractivity contribution is 9.10. The first-order valence-corrected chi connectivity index (χ1v) is 8.34. The summed E-state index contributed by atoms with van der Waals surface area (Å²) in [6.07, 6.45) is 1.67. The van der Waals surface area contributed by atoms with Crippen molar-refractivity contribution in [3.8, 4) is 11.5 Å². The molecule has 4 nitrogen and oxygen atoms in total. The zero-order valence-electron chi connectivity index (χ0n) is 12.6. The normalized spacial score (nSPS) is 10.8. The molecule has 2 aromatic carbocycles. The fraction of sp³-hybridized carbons (Fsp3) is 0.188. The van der Waals surface area contributed by atoms with Crippen LogP contribution in [0.25, 0.3) is 0 Å². The Hall–Kier alpha value is -1.43. The highest BCUT2D eigenvalue weighted by Gasteiger charge is 2.08. The van der Waals surface area contributed by atoms with E-state index in [1.54, 1.807) is 31.5 Å². The molecule has 0 saturated carbocycles. The summed E-state index contributed by atoms with van der Waals surface area (Å²) in [5.74, 6) is 1.32. The molecule has 0 unspecified atom stereocenters. The zero-order valence-corrected chi connectivity index (χ0v) is 15.7. The molecule has 0 saturated heterocycles. The number of nitrogens with zero attached hydrogens (tertiary/aromatic N) is 1. The van der Waals surface area contributed by atoms with Gasteiger partial charge in [-0.2, -0.15) is 5.10 Å². The maximum Gasteiger partial charge on any atom is 0.162 e. The van der Waals surface area contributed by atoms with E-state index in [1.165, 1.54) is 0 Å². The first kappa shape index (κ1) is 17.9. The molecule has 0 aliphatic rings. The van der Waals surface area contributed by atoms with Gasteiger partial charge in [0, 0.05) is 10.0 Å². The highest BCUT2D eigenvalue weighted by Crippen LogP contribution is 2.33. The van der Waals surface area contributed by atoms with Crippen molar-refractivity contribution in [2.75, 3.05) is 19.1 Å². The van der Waals surface area contributed by atoms with Crippen LogP contribution in [0.2, 0.25) is 10.0 Å². The van der Waals surface area contributed by atoms with Gasteiger partial charge in [-0.3, -0.25) is 5.43 Å². The topological polar surface area (TPSA) is 42.8 Å². The quantitative estimate of drug-likeness (QED) is 0.490. The van der Waals surface area contributed by atoms with E-state index in [0.717, 1.165) is 15.7 Å². The molecular formula is C16H15BrCl2N2O2. The van der Waals surface area contributed by atoms with Crippen LogP contribution < -0.4 is 14.9 Å². The van der Waals surface area contributed by atoms with Crippen molar-refractivity contribution in [1.29, 1.82) is 0 Å². The van der Waals surface area contributed by atoms with Crippen LogP contribution in [0.1, 0.15) is 12.5 Å². The Labute approximate surface area is 153 Å². The lowest BCUT2D eigenvalue weighted by molar-refractivity contribution is 0.310. The van der Waals surface area contributed by atoms with E-state index in [9.17, 15) is 0 Å². The van der Waals surface area contributed by atoms with E-state index in [1.807, 2.05) is 19.1 Å². The van der Waals surface area contributed by atoms with Gasteiger partial charge in [0.15, 0.2) is 11.5 Å². The van der Waals surface area contributed by atoms with Gasteiger partial charge in [0.25, 0.3) is 0 Å². The summed E-state index contributed by atoms with van der Waals surface area (Å²) in [5.41, 5.74) is 4.48. The Morgan fingerprint density at radius 3 is 2.61 bits per heavy atom. The minimum Gasteiger partial charge on any atom is -0.493 e. The summed E-state index contributed by atoms with van der Waals surface area (Å²) >= 11 is 15.3. The van der Waals surface area contributed by atoms with Gasteiger partial charge in [0.05, 0.1) is 35.7 Å². The monoisotopic (exact) mass is 416 g/mol. The molecule has 1 N–H and O–H groups in total. The molecule has 0 fully saturated rings. The third-order valence-corrected chi connectivity index (χ3v) is 4.33. The molecule has 0 heterocycles. The first-order valence-electron chi connectivity index (χ1n) is 6.79. The van der Waals surface area contributed by atoms with Crippen LogP contribution in [0.15, 0.2) is 39.9 Å². The Morgan fingerprint density at radius 2 is 1.96 bits per heavy atom. The Balaban J connectivity index is 2.16. The van der Waals surface area contributed by atoms with Crippen molar-refractivity contribution in [2.45, 2.75) is 6.92 Å². The Morgan fingerprint density at radius 1 is 1.17 bits per heavy atom. The number of ether oxygens (including phenoxy) is 2. The van der Waals surface area contributed by atoms with Crippen molar-refractivity contribution in [3.63, 3.8) is 0 Å². The molecule has 0 aliphatic heterocycles. The van der Waals surface area contributed by atoms with Crippen LogP contribution in [-0.2, 0) is 0 Å².